The maximum absolute atomic E-state index is 11.7. The average molecular weight is 380 g/mol. The summed E-state index contributed by atoms with van der Waals surface area (Å²) in [4.78, 5) is 0. The molecule has 0 heterocycles. The second kappa shape index (κ2) is 18.9. The summed E-state index contributed by atoms with van der Waals surface area (Å²) < 4.78 is 22.0. The van der Waals surface area contributed by atoms with Crippen molar-refractivity contribution in [2.24, 2.45) is 0 Å². The molecule has 0 saturated heterocycles. The first-order valence-electron chi connectivity index (χ1n) is 10.3. The van der Waals surface area contributed by atoms with Crippen molar-refractivity contribution in [2.45, 2.75) is 116 Å². The van der Waals surface area contributed by atoms with Gasteiger partial charge in [-0.3, -0.25) is 4.57 Å². The second-order valence-electron chi connectivity index (χ2n) is 7.25. The lowest BCUT2D eigenvalue weighted by Gasteiger charge is -2.17. The summed E-state index contributed by atoms with van der Waals surface area (Å²) in [5.41, 5.74) is 0. The number of unbranched alkanes of at least 4 members (excludes halogenated alkanes) is 13. The standard InChI is InChI=1S/C20H43O3P.H3N/c1-5-6-7-8-9-10-11-12-13-14-15-16-17-18-19-20(2)23-24(4,21)22-3;/h20H,5-19H2,1-4H3;1H3. The Morgan fingerprint density at radius 1 is 0.760 bits per heavy atom. The van der Waals surface area contributed by atoms with Crippen molar-refractivity contribution in [3.63, 3.8) is 0 Å². The Labute approximate surface area is 157 Å². The summed E-state index contributed by atoms with van der Waals surface area (Å²) in [5, 5.41) is 0. The molecule has 0 aromatic carbocycles. The molecule has 2 atom stereocenters. The van der Waals surface area contributed by atoms with Crippen LogP contribution in [0.15, 0.2) is 0 Å². The van der Waals surface area contributed by atoms with Gasteiger partial charge < -0.3 is 15.2 Å². The van der Waals surface area contributed by atoms with Gasteiger partial charge in [0.1, 0.15) is 0 Å². The van der Waals surface area contributed by atoms with Crippen molar-refractivity contribution in [3.05, 3.63) is 0 Å². The highest BCUT2D eigenvalue weighted by Gasteiger charge is 2.18. The van der Waals surface area contributed by atoms with Crippen LogP contribution in [0.25, 0.3) is 0 Å². The molecule has 0 radical (unpaired) electrons. The van der Waals surface area contributed by atoms with Gasteiger partial charge in [0.15, 0.2) is 0 Å². The van der Waals surface area contributed by atoms with Crippen LogP contribution >= 0.6 is 7.60 Å². The van der Waals surface area contributed by atoms with Crippen molar-refractivity contribution < 1.29 is 13.6 Å². The van der Waals surface area contributed by atoms with Gasteiger partial charge in [0.2, 0.25) is 0 Å². The van der Waals surface area contributed by atoms with Gasteiger partial charge >= 0.3 is 7.60 Å². The summed E-state index contributed by atoms with van der Waals surface area (Å²) in [6.07, 6.45) is 20.2. The number of rotatable bonds is 18. The second-order valence-corrected chi connectivity index (χ2v) is 9.37. The minimum atomic E-state index is -2.82. The van der Waals surface area contributed by atoms with Crippen LogP contribution in [0.1, 0.15) is 110 Å². The van der Waals surface area contributed by atoms with E-state index in [0.717, 1.165) is 12.8 Å². The van der Waals surface area contributed by atoms with Gasteiger partial charge in [-0.2, -0.15) is 0 Å². The SMILES string of the molecule is CCCCCCCCCCCCCCCCC(C)OP(C)(=O)OC.N. The van der Waals surface area contributed by atoms with Gasteiger partial charge in [-0.05, 0) is 13.3 Å². The van der Waals surface area contributed by atoms with Gasteiger partial charge in [-0.15, -0.1) is 0 Å². The Hall–Kier alpha value is 0.110. The molecule has 0 rings (SSSR count). The van der Waals surface area contributed by atoms with Crippen LogP contribution < -0.4 is 6.15 Å². The van der Waals surface area contributed by atoms with E-state index in [4.69, 9.17) is 9.05 Å². The quantitative estimate of drug-likeness (QED) is 0.194. The van der Waals surface area contributed by atoms with Crippen LogP contribution in [0.3, 0.4) is 0 Å². The highest BCUT2D eigenvalue weighted by Crippen LogP contribution is 2.44. The molecule has 0 amide bonds. The molecule has 3 N–H and O–H groups in total. The van der Waals surface area contributed by atoms with Gasteiger partial charge in [0.05, 0.1) is 6.10 Å². The van der Waals surface area contributed by atoms with E-state index in [1.807, 2.05) is 6.92 Å². The van der Waals surface area contributed by atoms with Gasteiger partial charge in [0, 0.05) is 13.8 Å². The van der Waals surface area contributed by atoms with Gasteiger partial charge in [0.25, 0.3) is 0 Å². The van der Waals surface area contributed by atoms with E-state index in [2.05, 4.69) is 6.92 Å². The van der Waals surface area contributed by atoms with Crippen LogP contribution in [-0.4, -0.2) is 19.9 Å². The highest BCUT2D eigenvalue weighted by atomic mass is 31.2. The Balaban J connectivity index is 0. The molecule has 4 nitrogen and oxygen atoms in total. The molecule has 0 fully saturated rings. The molecule has 0 aliphatic rings. The lowest BCUT2D eigenvalue weighted by molar-refractivity contribution is 0.167. The van der Waals surface area contributed by atoms with Crippen molar-refractivity contribution in [1.82, 2.24) is 6.15 Å². The summed E-state index contributed by atoms with van der Waals surface area (Å²) in [6, 6.07) is 0. The molecule has 0 saturated carbocycles. The molecule has 5 heteroatoms. The fourth-order valence-electron chi connectivity index (χ4n) is 3.05. The highest BCUT2D eigenvalue weighted by molar-refractivity contribution is 7.52. The van der Waals surface area contributed by atoms with Crippen LogP contribution in [0.2, 0.25) is 0 Å². The molecule has 2 unspecified atom stereocenters. The molecule has 0 aromatic rings. The fraction of sp³-hybridized carbons (Fsp3) is 1.00. The van der Waals surface area contributed by atoms with Crippen LogP contribution in [0.5, 0.6) is 0 Å². The van der Waals surface area contributed by atoms with E-state index in [0.29, 0.717) is 0 Å². The molecule has 154 valence electrons. The molecule has 0 bridgehead atoms. The van der Waals surface area contributed by atoms with E-state index in [1.165, 1.54) is 97.2 Å². The molecular weight excluding hydrogens is 333 g/mol. The predicted octanol–water partition coefficient (Wildman–Crippen LogP) is 7.89. The third-order valence-electron chi connectivity index (χ3n) is 4.67. The molecule has 0 aliphatic carbocycles. The van der Waals surface area contributed by atoms with Crippen molar-refractivity contribution in [3.8, 4) is 0 Å². The maximum atomic E-state index is 11.7. The fourth-order valence-corrected chi connectivity index (χ4v) is 3.89. The molecule has 25 heavy (non-hydrogen) atoms. The lowest BCUT2D eigenvalue weighted by atomic mass is 10.0. The molecule has 0 aromatic heterocycles. The summed E-state index contributed by atoms with van der Waals surface area (Å²) in [5.74, 6) is 0. The normalized spacial score (nSPS) is 14.7. The van der Waals surface area contributed by atoms with Crippen molar-refractivity contribution >= 4 is 7.60 Å². The van der Waals surface area contributed by atoms with Crippen LogP contribution in [0.4, 0.5) is 0 Å². The average Bonchev–Trinajstić information content (AvgIpc) is 2.54. The molecular formula is C20H46NO3P. The van der Waals surface area contributed by atoms with Crippen LogP contribution in [-0.2, 0) is 13.6 Å². The van der Waals surface area contributed by atoms with Crippen LogP contribution in [0, 0.1) is 0 Å². The Bertz CT molecular complexity index is 313. The first-order valence-corrected chi connectivity index (χ1v) is 12.3. The van der Waals surface area contributed by atoms with E-state index >= 15 is 0 Å². The predicted molar refractivity (Wildman–Crippen MR) is 111 cm³/mol. The first kappa shape index (κ1) is 27.3. The zero-order valence-corrected chi connectivity index (χ0v) is 18.5. The minimum Gasteiger partial charge on any atom is -0.344 e. The summed E-state index contributed by atoms with van der Waals surface area (Å²) in [7, 11) is -1.37. The van der Waals surface area contributed by atoms with Crippen molar-refractivity contribution in [1.29, 1.82) is 0 Å². The number of hydrogen-bond acceptors (Lipinski definition) is 4. The largest absolute Gasteiger partial charge is 0.344 e. The first-order chi connectivity index (χ1) is 11.5. The van der Waals surface area contributed by atoms with E-state index in [9.17, 15) is 4.57 Å². The van der Waals surface area contributed by atoms with Crippen molar-refractivity contribution in [2.75, 3.05) is 13.8 Å². The minimum absolute atomic E-state index is 0. The molecule has 0 aliphatic heterocycles. The maximum Gasteiger partial charge on any atom is 0.327 e. The Morgan fingerprint density at radius 3 is 1.48 bits per heavy atom. The monoisotopic (exact) mass is 379 g/mol. The molecule has 0 spiro atoms. The van der Waals surface area contributed by atoms with E-state index < -0.39 is 7.60 Å². The van der Waals surface area contributed by atoms with Gasteiger partial charge in [-0.1, -0.05) is 96.8 Å². The Morgan fingerprint density at radius 2 is 1.12 bits per heavy atom. The summed E-state index contributed by atoms with van der Waals surface area (Å²) in [6.45, 7) is 5.80. The van der Waals surface area contributed by atoms with Gasteiger partial charge in [-0.25, -0.2) is 0 Å². The van der Waals surface area contributed by atoms with E-state index in [-0.39, 0.29) is 12.3 Å². The Kier molecular flexibility index (Phi) is 20.6. The third kappa shape index (κ3) is 20.3. The number of hydrogen-bond donors (Lipinski definition) is 1. The van der Waals surface area contributed by atoms with E-state index in [1.54, 1.807) is 0 Å². The zero-order valence-electron chi connectivity index (χ0n) is 17.6. The summed E-state index contributed by atoms with van der Waals surface area (Å²) >= 11 is 0. The lowest BCUT2D eigenvalue weighted by Crippen LogP contribution is -2.06. The third-order valence-corrected chi connectivity index (χ3v) is 6.07. The topological polar surface area (TPSA) is 70.5 Å². The smallest absolute Gasteiger partial charge is 0.327 e. The zero-order chi connectivity index (χ0) is 18.1.